The van der Waals surface area contributed by atoms with E-state index >= 15 is 0 Å². The average molecular weight is 304 g/mol. The molecule has 0 aliphatic carbocycles. The number of hydrogen-bond acceptors (Lipinski definition) is 4. The Hall–Kier alpha value is -2.34. The standard InChI is InChI=1S/C15H16N2O3S/c1-21(19,20)14-9-7-12(8-10-14)16-11-15(18)17-13-5-3-2-4-6-13/h2-10,16H,11H2,1H3,(H,17,18). The van der Waals surface area contributed by atoms with Crippen molar-refractivity contribution in [1.82, 2.24) is 0 Å². The Morgan fingerprint density at radius 3 is 2.14 bits per heavy atom. The van der Waals surface area contributed by atoms with Crippen LogP contribution < -0.4 is 10.6 Å². The number of sulfone groups is 1. The van der Waals surface area contributed by atoms with Crippen LogP contribution in [0.4, 0.5) is 11.4 Å². The van der Waals surface area contributed by atoms with Crippen LogP contribution in [0.3, 0.4) is 0 Å². The van der Waals surface area contributed by atoms with Gasteiger partial charge in [0.1, 0.15) is 0 Å². The van der Waals surface area contributed by atoms with Crippen molar-refractivity contribution in [3.63, 3.8) is 0 Å². The third-order valence-electron chi connectivity index (χ3n) is 2.79. The fraction of sp³-hybridized carbons (Fsp3) is 0.133. The normalized spacial score (nSPS) is 10.9. The van der Waals surface area contributed by atoms with E-state index in [1.165, 1.54) is 12.1 Å². The van der Waals surface area contributed by atoms with Crippen molar-refractivity contribution in [2.24, 2.45) is 0 Å². The summed E-state index contributed by atoms with van der Waals surface area (Å²) in [5.74, 6) is -0.173. The third-order valence-corrected chi connectivity index (χ3v) is 3.92. The quantitative estimate of drug-likeness (QED) is 0.887. The molecule has 1 amide bonds. The van der Waals surface area contributed by atoms with Gasteiger partial charge in [0.05, 0.1) is 11.4 Å². The molecule has 21 heavy (non-hydrogen) atoms. The highest BCUT2D eigenvalue weighted by Crippen LogP contribution is 2.13. The van der Waals surface area contributed by atoms with Gasteiger partial charge in [-0.2, -0.15) is 0 Å². The van der Waals surface area contributed by atoms with Crippen LogP contribution in [0.2, 0.25) is 0 Å². The molecule has 0 aromatic heterocycles. The van der Waals surface area contributed by atoms with E-state index in [0.717, 1.165) is 11.9 Å². The smallest absolute Gasteiger partial charge is 0.243 e. The van der Waals surface area contributed by atoms with Gasteiger partial charge in [-0.25, -0.2) is 8.42 Å². The number of carbonyl (C=O) groups is 1. The summed E-state index contributed by atoms with van der Waals surface area (Å²) in [4.78, 5) is 12.0. The topological polar surface area (TPSA) is 75.3 Å². The lowest BCUT2D eigenvalue weighted by Gasteiger charge is -2.08. The predicted molar refractivity (Wildman–Crippen MR) is 83.1 cm³/mol. The number of carbonyl (C=O) groups excluding carboxylic acids is 1. The number of anilines is 2. The fourth-order valence-electron chi connectivity index (χ4n) is 1.73. The molecule has 0 atom stereocenters. The Morgan fingerprint density at radius 2 is 1.57 bits per heavy atom. The maximum absolute atomic E-state index is 11.7. The van der Waals surface area contributed by atoms with Crippen LogP contribution in [0, 0.1) is 0 Å². The highest BCUT2D eigenvalue weighted by molar-refractivity contribution is 7.90. The Morgan fingerprint density at radius 1 is 0.952 bits per heavy atom. The monoisotopic (exact) mass is 304 g/mol. The number of para-hydroxylation sites is 1. The van der Waals surface area contributed by atoms with Crippen LogP contribution >= 0.6 is 0 Å². The summed E-state index contributed by atoms with van der Waals surface area (Å²) >= 11 is 0. The van der Waals surface area contributed by atoms with Crippen molar-refractivity contribution in [3.8, 4) is 0 Å². The van der Waals surface area contributed by atoms with E-state index in [9.17, 15) is 13.2 Å². The van der Waals surface area contributed by atoms with E-state index in [-0.39, 0.29) is 17.3 Å². The zero-order chi connectivity index (χ0) is 15.3. The zero-order valence-electron chi connectivity index (χ0n) is 11.5. The second-order valence-corrected chi connectivity index (χ2v) is 6.58. The molecule has 2 aromatic rings. The molecule has 2 N–H and O–H groups in total. The van der Waals surface area contributed by atoms with Crippen LogP contribution in [0.1, 0.15) is 0 Å². The first-order valence-corrected chi connectivity index (χ1v) is 8.23. The second kappa shape index (κ2) is 6.41. The van der Waals surface area contributed by atoms with Gasteiger partial charge in [0.25, 0.3) is 0 Å². The van der Waals surface area contributed by atoms with Gasteiger partial charge in [0.15, 0.2) is 9.84 Å². The van der Waals surface area contributed by atoms with Gasteiger partial charge in [-0.1, -0.05) is 18.2 Å². The average Bonchev–Trinajstić information content (AvgIpc) is 2.46. The molecule has 0 aliphatic rings. The molecule has 0 fully saturated rings. The van der Waals surface area contributed by atoms with Gasteiger partial charge in [0, 0.05) is 17.6 Å². The molecule has 0 radical (unpaired) electrons. The SMILES string of the molecule is CS(=O)(=O)c1ccc(NCC(=O)Nc2ccccc2)cc1. The number of benzene rings is 2. The number of amides is 1. The zero-order valence-corrected chi connectivity index (χ0v) is 12.4. The first kappa shape index (κ1) is 15.1. The highest BCUT2D eigenvalue weighted by atomic mass is 32.2. The fourth-order valence-corrected chi connectivity index (χ4v) is 2.36. The minimum absolute atomic E-state index is 0.104. The van der Waals surface area contributed by atoms with Crippen molar-refractivity contribution < 1.29 is 13.2 Å². The number of hydrogen-bond donors (Lipinski definition) is 2. The van der Waals surface area contributed by atoms with Gasteiger partial charge in [-0.15, -0.1) is 0 Å². The summed E-state index contributed by atoms with van der Waals surface area (Å²) in [6.07, 6.45) is 1.16. The molecule has 6 heteroatoms. The second-order valence-electron chi connectivity index (χ2n) is 4.56. The summed E-state index contributed by atoms with van der Waals surface area (Å²) in [5, 5.41) is 5.69. The van der Waals surface area contributed by atoms with Crippen LogP contribution in [-0.2, 0) is 14.6 Å². The van der Waals surface area contributed by atoms with E-state index in [4.69, 9.17) is 0 Å². The van der Waals surface area contributed by atoms with Crippen molar-refractivity contribution in [1.29, 1.82) is 0 Å². The van der Waals surface area contributed by atoms with E-state index < -0.39 is 9.84 Å². The molecular formula is C15H16N2O3S. The molecule has 0 spiro atoms. The van der Waals surface area contributed by atoms with Gasteiger partial charge in [-0.05, 0) is 36.4 Å². The molecule has 110 valence electrons. The van der Waals surface area contributed by atoms with E-state index in [1.807, 2.05) is 18.2 Å². The predicted octanol–water partition coefficient (Wildman–Crippen LogP) is 2.14. The van der Waals surface area contributed by atoms with Gasteiger partial charge >= 0.3 is 0 Å². The number of rotatable bonds is 5. The summed E-state index contributed by atoms with van der Waals surface area (Å²) in [6, 6.07) is 15.4. The van der Waals surface area contributed by atoms with E-state index in [0.29, 0.717) is 5.69 Å². The first-order chi connectivity index (χ1) is 9.95. The molecule has 0 unspecified atom stereocenters. The van der Waals surface area contributed by atoms with Crippen LogP contribution in [-0.4, -0.2) is 27.1 Å². The minimum Gasteiger partial charge on any atom is -0.376 e. The summed E-state index contributed by atoms with van der Waals surface area (Å²) in [7, 11) is -3.20. The van der Waals surface area contributed by atoms with Crippen molar-refractivity contribution in [3.05, 3.63) is 54.6 Å². The van der Waals surface area contributed by atoms with Crippen LogP contribution in [0.15, 0.2) is 59.5 Å². The number of nitrogens with one attached hydrogen (secondary N) is 2. The highest BCUT2D eigenvalue weighted by Gasteiger charge is 2.06. The molecule has 2 rings (SSSR count). The molecule has 0 aliphatic heterocycles. The largest absolute Gasteiger partial charge is 0.376 e. The lowest BCUT2D eigenvalue weighted by molar-refractivity contribution is -0.114. The molecule has 2 aromatic carbocycles. The summed E-state index contributed by atoms with van der Waals surface area (Å²) in [5.41, 5.74) is 1.42. The van der Waals surface area contributed by atoms with Crippen molar-refractivity contribution in [2.75, 3.05) is 23.4 Å². The Bertz CT molecular complexity index is 710. The molecule has 0 saturated heterocycles. The van der Waals surface area contributed by atoms with Crippen molar-refractivity contribution >= 4 is 27.1 Å². The molecular weight excluding hydrogens is 288 g/mol. The van der Waals surface area contributed by atoms with Crippen molar-refractivity contribution in [2.45, 2.75) is 4.90 Å². The summed E-state index contributed by atoms with van der Waals surface area (Å²) in [6.45, 7) is 0.104. The van der Waals surface area contributed by atoms with Gasteiger partial charge in [-0.3, -0.25) is 4.79 Å². The summed E-state index contributed by atoms with van der Waals surface area (Å²) < 4.78 is 22.7. The molecule has 5 nitrogen and oxygen atoms in total. The molecule has 0 heterocycles. The third kappa shape index (κ3) is 4.61. The van der Waals surface area contributed by atoms with E-state index in [2.05, 4.69) is 10.6 Å². The van der Waals surface area contributed by atoms with Gasteiger partial charge < -0.3 is 10.6 Å². The maximum atomic E-state index is 11.7. The molecule has 0 bridgehead atoms. The molecule has 0 saturated carbocycles. The Labute approximate surface area is 123 Å². The van der Waals surface area contributed by atoms with Crippen LogP contribution in [0.25, 0.3) is 0 Å². The maximum Gasteiger partial charge on any atom is 0.243 e. The van der Waals surface area contributed by atoms with E-state index in [1.54, 1.807) is 24.3 Å². The first-order valence-electron chi connectivity index (χ1n) is 6.34. The Balaban J connectivity index is 1.90. The van der Waals surface area contributed by atoms with Gasteiger partial charge in [0.2, 0.25) is 5.91 Å². The van der Waals surface area contributed by atoms with Crippen LogP contribution in [0.5, 0.6) is 0 Å². The minimum atomic E-state index is -3.20. The lowest BCUT2D eigenvalue weighted by Crippen LogP contribution is -2.21. The Kier molecular flexibility index (Phi) is 4.59. The lowest BCUT2D eigenvalue weighted by atomic mass is 10.3.